The fraction of sp³-hybridized carbons (Fsp3) is 0. The average molecular weight is 262 g/mol. The van der Waals surface area contributed by atoms with E-state index in [9.17, 15) is 4.79 Å². The predicted octanol–water partition coefficient (Wildman–Crippen LogP) is 2.49. The van der Waals surface area contributed by atoms with Crippen molar-refractivity contribution >= 4 is 22.8 Å². The van der Waals surface area contributed by atoms with Gasteiger partial charge < -0.3 is 0 Å². The molecule has 0 N–H and O–H groups in total. The zero-order valence-electron chi connectivity index (χ0n) is 10.5. The summed E-state index contributed by atoms with van der Waals surface area (Å²) in [6.07, 6.45) is 4.40. The average Bonchev–Trinajstić information content (AvgIpc) is 3.07. The number of aldehydes is 1. The molecule has 0 fully saturated rings. The first-order valence-electron chi connectivity index (χ1n) is 6.24. The van der Waals surface area contributed by atoms with E-state index in [0.29, 0.717) is 11.5 Å². The molecule has 0 aliphatic heterocycles. The van der Waals surface area contributed by atoms with Gasteiger partial charge in [0.25, 0.3) is 0 Å². The van der Waals surface area contributed by atoms with Crippen LogP contribution in [0.1, 0.15) is 10.5 Å². The van der Waals surface area contributed by atoms with E-state index >= 15 is 0 Å². The summed E-state index contributed by atoms with van der Waals surface area (Å²) in [6, 6.07) is 13.5. The second-order valence-electron chi connectivity index (χ2n) is 4.48. The summed E-state index contributed by atoms with van der Waals surface area (Å²) >= 11 is 0. The molecule has 0 spiro atoms. The molecule has 0 aliphatic carbocycles. The molecule has 3 heterocycles. The van der Waals surface area contributed by atoms with E-state index in [1.165, 1.54) is 0 Å². The highest BCUT2D eigenvalue weighted by atomic mass is 16.1. The maximum atomic E-state index is 11.4. The van der Waals surface area contributed by atoms with Gasteiger partial charge in [0.05, 0.1) is 11.7 Å². The van der Waals surface area contributed by atoms with Crippen molar-refractivity contribution in [2.45, 2.75) is 0 Å². The number of hydrogen-bond donors (Lipinski definition) is 0. The van der Waals surface area contributed by atoms with E-state index in [0.717, 1.165) is 22.8 Å². The molecule has 5 heteroatoms. The molecule has 0 saturated heterocycles. The van der Waals surface area contributed by atoms with Gasteiger partial charge in [0.2, 0.25) is 0 Å². The quantitative estimate of drug-likeness (QED) is 0.521. The van der Waals surface area contributed by atoms with Gasteiger partial charge in [0, 0.05) is 11.6 Å². The molecule has 0 bridgehead atoms. The number of rotatable bonds is 2. The van der Waals surface area contributed by atoms with E-state index in [2.05, 4.69) is 10.1 Å². The highest BCUT2D eigenvalue weighted by Gasteiger charge is 2.15. The number of pyridine rings is 1. The minimum Gasteiger partial charge on any atom is -0.296 e. The molecular weight excluding hydrogens is 252 g/mol. The van der Waals surface area contributed by atoms with E-state index in [1.807, 2.05) is 48.7 Å². The molecule has 0 radical (unpaired) electrons. The van der Waals surface area contributed by atoms with Gasteiger partial charge in [0.15, 0.2) is 12.1 Å². The Hall–Kier alpha value is -2.95. The molecule has 0 atom stereocenters. The van der Waals surface area contributed by atoms with Crippen LogP contribution in [0.5, 0.6) is 0 Å². The van der Waals surface area contributed by atoms with Crippen LogP contribution in [0.4, 0.5) is 0 Å². The molecule has 5 nitrogen and oxygen atoms in total. The van der Waals surface area contributed by atoms with Crippen molar-refractivity contribution in [2.24, 2.45) is 0 Å². The molecule has 3 aromatic heterocycles. The van der Waals surface area contributed by atoms with Crippen LogP contribution < -0.4 is 0 Å². The van der Waals surface area contributed by atoms with Gasteiger partial charge >= 0.3 is 0 Å². The number of benzene rings is 1. The van der Waals surface area contributed by atoms with E-state index < -0.39 is 0 Å². The van der Waals surface area contributed by atoms with E-state index in [1.54, 1.807) is 15.3 Å². The van der Waals surface area contributed by atoms with Crippen LogP contribution in [-0.4, -0.2) is 25.5 Å². The Bertz CT molecular complexity index is 935. The Morgan fingerprint density at radius 1 is 1.05 bits per heavy atom. The maximum Gasteiger partial charge on any atom is 0.183 e. The van der Waals surface area contributed by atoms with Crippen LogP contribution in [0, 0.1) is 0 Å². The van der Waals surface area contributed by atoms with Gasteiger partial charge in [-0.3, -0.25) is 9.20 Å². The fourth-order valence-electron chi connectivity index (χ4n) is 2.41. The van der Waals surface area contributed by atoms with E-state index in [-0.39, 0.29) is 0 Å². The number of carbonyl (C=O) groups excluding carboxylic acids is 1. The number of carbonyl (C=O) groups is 1. The number of nitrogens with zero attached hydrogens (tertiary/aromatic N) is 4. The summed E-state index contributed by atoms with van der Waals surface area (Å²) in [5.74, 6) is 0.549. The Balaban J connectivity index is 2.09. The lowest BCUT2D eigenvalue weighted by Crippen LogP contribution is -2.01. The normalized spacial score (nSPS) is 11.2. The minimum absolute atomic E-state index is 0.495. The SMILES string of the molecule is O=Cc1c(-n2ncc3ccccc32)nc2ccccn12. The Kier molecular flexibility index (Phi) is 2.20. The van der Waals surface area contributed by atoms with Gasteiger partial charge in [0.1, 0.15) is 11.3 Å². The number of aromatic nitrogens is 4. The summed E-state index contributed by atoms with van der Waals surface area (Å²) in [5, 5.41) is 5.37. The van der Waals surface area contributed by atoms with Gasteiger partial charge in [-0.15, -0.1) is 0 Å². The second kappa shape index (κ2) is 4.03. The minimum atomic E-state index is 0.495. The van der Waals surface area contributed by atoms with Crippen molar-refractivity contribution in [1.82, 2.24) is 19.2 Å². The van der Waals surface area contributed by atoms with Crippen LogP contribution in [0.15, 0.2) is 54.9 Å². The molecule has 4 aromatic rings. The Morgan fingerprint density at radius 2 is 1.90 bits per heavy atom. The lowest BCUT2D eigenvalue weighted by molar-refractivity contribution is 0.111. The summed E-state index contributed by atoms with van der Waals surface area (Å²) in [5.41, 5.74) is 2.15. The lowest BCUT2D eigenvalue weighted by atomic mass is 10.2. The number of fused-ring (bicyclic) bond motifs is 2. The first-order valence-corrected chi connectivity index (χ1v) is 6.24. The summed E-state index contributed by atoms with van der Waals surface area (Å²) < 4.78 is 3.46. The zero-order chi connectivity index (χ0) is 13.5. The molecule has 0 amide bonds. The van der Waals surface area contributed by atoms with Gasteiger partial charge in [-0.1, -0.05) is 24.3 Å². The molecule has 4 rings (SSSR count). The molecule has 20 heavy (non-hydrogen) atoms. The largest absolute Gasteiger partial charge is 0.296 e. The van der Waals surface area contributed by atoms with Crippen molar-refractivity contribution in [2.75, 3.05) is 0 Å². The van der Waals surface area contributed by atoms with Crippen molar-refractivity contribution in [3.63, 3.8) is 0 Å². The number of hydrogen-bond acceptors (Lipinski definition) is 3. The van der Waals surface area contributed by atoms with Crippen LogP contribution in [-0.2, 0) is 0 Å². The van der Waals surface area contributed by atoms with Crippen molar-refractivity contribution in [1.29, 1.82) is 0 Å². The standard InChI is InChI=1S/C15H10N4O/c20-10-13-15(17-14-7-3-4-8-18(13)14)19-12-6-2-1-5-11(12)9-16-19/h1-10H. The van der Waals surface area contributed by atoms with Crippen LogP contribution in [0.3, 0.4) is 0 Å². The summed E-state index contributed by atoms with van der Waals surface area (Å²) in [7, 11) is 0. The number of imidazole rings is 1. The first-order chi connectivity index (χ1) is 9.88. The molecule has 1 aromatic carbocycles. The van der Waals surface area contributed by atoms with Crippen molar-refractivity contribution in [3.8, 4) is 5.82 Å². The maximum absolute atomic E-state index is 11.4. The van der Waals surface area contributed by atoms with Gasteiger partial charge in [-0.2, -0.15) is 5.10 Å². The monoisotopic (exact) mass is 262 g/mol. The van der Waals surface area contributed by atoms with E-state index in [4.69, 9.17) is 0 Å². The molecule has 96 valence electrons. The third-order valence-corrected chi connectivity index (χ3v) is 3.34. The molecular formula is C15H10N4O. The predicted molar refractivity (Wildman–Crippen MR) is 75.2 cm³/mol. The van der Waals surface area contributed by atoms with Crippen molar-refractivity contribution in [3.05, 3.63) is 60.6 Å². The summed E-state index contributed by atoms with van der Waals surface area (Å²) in [4.78, 5) is 15.9. The van der Waals surface area contributed by atoms with Crippen molar-refractivity contribution < 1.29 is 4.79 Å². The summed E-state index contributed by atoms with van der Waals surface area (Å²) in [6.45, 7) is 0. The second-order valence-corrected chi connectivity index (χ2v) is 4.48. The van der Waals surface area contributed by atoms with Gasteiger partial charge in [-0.25, -0.2) is 9.67 Å². The topological polar surface area (TPSA) is 52.2 Å². The highest BCUT2D eigenvalue weighted by molar-refractivity contribution is 5.84. The molecule has 0 saturated carbocycles. The number of para-hydroxylation sites is 1. The molecule has 0 aliphatic rings. The Labute approximate surface area is 114 Å². The first kappa shape index (κ1) is 10.9. The van der Waals surface area contributed by atoms with Crippen LogP contribution in [0.25, 0.3) is 22.4 Å². The van der Waals surface area contributed by atoms with Gasteiger partial charge in [-0.05, 0) is 18.2 Å². The van der Waals surface area contributed by atoms with Crippen LogP contribution in [0.2, 0.25) is 0 Å². The Morgan fingerprint density at radius 3 is 2.80 bits per heavy atom. The zero-order valence-corrected chi connectivity index (χ0v) is 10.5. The highest BCUT2D eigenvalue weighted by Crippen LogP contribution is 2.20. The smallest absolute Gasteiger partial charge is 0.183 e. The third-order valence-electron chi connectivity index (χ3n) is 3.34. The fourth-order valence-corrected chi connectivity index (χ4v) is 2.41. The lowest BCUT2D eigenvalue weighted by Gasteiger charge is -2.00. The third kappa shape index (κ3) is 1.40. The van der Waals surface area contributed by atoms with Crippen LogP contribution >= 0.6 is 0 Å². The molecule has 0 unspecified atom stereocenters.